The number of nitrogens with zero attached hydrogens (tertiary/aromatic N) is 3. The maximum absolute atomic E-state index is 14.8. The minimum absolute atomic E-state index is 0.300. The Morgan fingerprint density at radius 2 is 1.94 bits per heavy atom. The number of halogens is 1. The zero-order chi connectivity index (χ0) is 25.4. The molecular formula is C27H37FN6O2. The number of aromatic nitrogens is 2. The molecule has 2 aromatic rings. The van der Waals surface area contributed by atoms with Crippen LogP contribution in [0.25, 0.3) is 11.3 Å². The number of ether oxygens (including phenoxy) is 2. The van der Waals surface area contributed by atoms with Gasteiger partial charge in [-0.2, -0.15) is 5.26 Å². The largest absolute Gasteiger partial charge is 0.383 e. The van der Waals surface area contributed by atoms with Gasteiger partial charge in [0.1, 0.15) is 5.82 Å². The molecule has 2 aromatic heterocycles. The third-order valence-electron chi connectivity index (χ3n) is 7.23. The van der Waals surface area contributed by atoms with Gasteiger partial charge in [0.15, 0.2) is 5.82 Å². The first-order valence-corrected chi connectivity index (χ1v) is 12.9. The van der Waals surface area contributed by atoms with Gasteiger partial charge in [0, 0.05) is 62.4 Å². The van der Waals surface area contributed by atoms with E-state index in [1.807, 2.05) is 12.1 Å². The molecule has 0 spiro atoms. The molecule has 0 bridgehead atoms. The highest BCUT2D eigenvalue weighted by Gasteiger charge is 2.32. The highest BCUT2D eigenvalue weighted by molar-refractivity contribution is 5.67. The van der Waals surface area contributed by atoms with Crippen LogP contribution in [0.3, 0.4) is 0 Å². The van der Waals surface area contributed by atoms with Gasteiger partial charge < -0.3 is 25.4 Å². The van der Waals surface area contributed by atoms with Crippen LogP contribution in [0, 0.1) is 22.6 Å². The van der Waals surface area contributed by atoms with E-state index in [-0.39, 0.29) is 0 Å². The monoisotopic (exact) mass is 496 g/mol. The quantitative estimate of drug-likeness (QED) is 0.446. The summed E-state index contributed by atoms with van der Waals surface area (Å²) < 4.78 is 25.4. The van der Waals surface area contributed by atoms with Gasteiger partial charge in [-0.15, -0.1) is 0 Å². The normalized spacial score (nSPS) is 22.4. The van der Waals surface area contributed by atoms with Crippen molar-refractivity contribution < 1.29 is 13.9 Å². The van der Waals surface area contributed by atoms with E-state index < -0.39 is 11.2 Å². The summed E-state index contributed by atoms with van der Waals surface area (Å²) in [5.41, 5.74) is 1.29. The summed E-state index contributed by atoms with van der Waals surface area (Å²) in [6.07, 6.45) is 8.51. The van der Waals surface area contributed by atoms with E-state index in [9.17, 15) is 9.65 Å². The fourth-order valence-corrected chi connectivity index (χ4v) is 5.08. The molecule has 3 heterocycles. The third-order valence-corrected chi connectivity index (χ3v) is 7.23. The average Bonchev–Trinajstić information content (AvgIpc) is 2.90. The minimum atomic E-state index is -0.447. The second-order valence-corrected chi connectivity index (χ2v) is 10.1. The van der Waals surface area contributed by atoms with E-state index in [4.69, 9.17) is 9.47 Å². The van der Waals surface area contributed by atoms with Gasteiger partial charge >= 0.3 is 0 Å². The van der Waals surface area contributed by atoms with E-state index >= 15 is 0 Å². The predicted molar refractivity (Wildman–Crippen MR) is 138 cm³/mol. The minimum Gasteiger partial charge on any atom is -0.383 e. The van der Waals surface area contributed by atoms with Crippen molar-refractivity contribution in [3.05, 3.63) is 36.4 Å². The molecule has 0 amide bonds. The molecule has 3 N–H and O–H groups in total. The molecule has 1 saturated carbocycles. The molecule has 2 fully saturated rings. The first-order valence-electron chi connectivity index (χ1n) is 12.9. The number of nitriles is 1. The van der Waals surface area contributed by atoms with Crippen molar-refractivity contribution in [3.8, 4) is 17.3 Å². The van der Waals surface area contributed by atoms with Gasteiger partial charge in [0.2, 0.25) is 0 Å². The highest BCUT2D eigenvalue weighted by atomic mass is 19.1. The molecule has 2 aliphatic rings. The lowest BCUT2D eigenvalue weighted by atomic mass is 9.81. The van der Waals surface area contributed by atoms with Crippen LogP contribution in [-0.4, -0.2) is 61.6 Å². The molecule has 194 valence electrons. The molecule has 9 heteroatoms. The molecule has 4 rings (SSSR count). The molecule has 0 aromatic carbocycles. The number of rotatable bonds is 10. The first-order chi connectivity index (χ1) is 17.5. The number of pyridine rings is 2. The van der Waals surface area contributed by atoms with Crippen molar-refractivity contribution in [3.63, 3.8) is 0 Å². The van der Waals surface area contributed by atoms with Gasteiger partial charge in [0.05, 0.1) is 30.0 Å². The summed E-state index contributed by atoms with van der Waals surface area (Å²) >= 11 is 0. The third kappa shape index (κ3) is 6.90. The Morgan fingerprint density at radius 3 is 2.67 bits per heavy atom. The fraction of sp³-hybridized carbons (Fsp3) is 0.593. The standard InChI is InChI=1S/C27H37FN6O2/c1-19(16-35-2)33-20-3-5-21(6-4-20)34-26-14-23(24(28)15-31-26)25-13-22(7-10-30-25)32-18-27(17-29)8-11-36-12-9-27/h7,10,13-15,19-21,33H,3-6,8-9,11-12,16,18H2,1-2H3,(H,30,32)(H,31,34). The maximum atomic E-state index is 14.8. The summed E-state index contributed by atoms with van der Waals surface area (Å²) in [6.45, 7) is 4.56. The summed E-state index contributed by atoms with van der Waals surface area (Å²) in [5, 5.41) is 20.2. The van der Waals surface area contributed by atoms with Gasteiger partial charge in [0.25, 0.3) is 0 Å². The number of anilines is 2. The van der Waals surface area contributed by atoms with Crippen LogP contribution in [-0.2, 0) is 9.47 Å². The Balaban J connectivity index is 1.37. The van der Waals surface area contributed by atoms with E-state index in [0.717, 1.165) is 31.4 Å². The predicted octanol–water partition coefficient (Wildman–Crippen LogP) is 4.36. The Kier molecular flexibility index (Phi) is 9.08. The molecule has 1 atom stereocenters. The molecule has 0 radical (unpaired) electrons. The van der Waals surface area contributed by atoms with E-state index in [0.29, 0.717) is 74.4 Å². The van der Waals surface area contributed by atoms with E-state index in [1.165, 1.54) is 6.20 Å². The van der Waals surface area contributed by atoms with Crippen LogP contribution in [0.5, 0.6) is 0 Å². The van der Waals surface area contributed by atoms with Crippen LogP contribution in [0.4, 0.5) is 15.9 Å². The van der Waals surface area contributed by atoms with Crippen molar-refractivity contribution in [1.82, 2.24) is 15.3 Å². The Labute approximate surface area is 213 Å². The number of nitrogens with one attached hydrogen (secondary N) is 3. The summed E-state index contributed by atoms with van der Waals surface area (Å²) in [7, 11) is 1.72. The molecule has 8 nitrogen and oxygen atoms in total. The van der Waals surface area contributed by atoms with Crippen molar-refractivity contribution in [2.75, 3.05) is 44.1 Å². The van der Waals surface area contributed by atoms with Gasteiger partial charge in [-0.25, -0.2) is 9.37 Å². The van der Waals surface area contributed by atoms with Crippen molar-refractivity contribution >= 4 is 11.5 Å². The van der Waals surface area contributed by atoms with Crippen LogP contribution in [0.1, 0.15) is 45.4 Å². The lowest BCUT2D eigenvalue weighted by Gasteiger charge is -2.32. The lowest BCUT2D eigenvalue weighted by Crippen LogP contribution is -2.42. The van der Waals surface area contributed by atoms with Crippen molar-refractivity contribution in [1.29, 1.82) is 5.26 Å². The van der Waals surface area contributed by atoms with Crippen LogP contribution in [0.2, 0.25) is 0 Å². The SMILES string of the molecule is COCC(C)NC1CCC(Nc2cc(-c3cc(NCC4(C#N)CCOCC4)ccn3)c(F)cn2)CC1. The summed E-state index contributed by atoms with van der Waals surface area (Å²) in [5.74, 6) is 0.240. The summed E-state index contributed by atoms with van der Waals surface area (Å²) in [4.78, 5) is 8.68. The zero-order valence-corrected chi connectivity index (χ0v) is 21.2. The van der Waals surface area contributed by atoms with Crippen molar-refractivity contribution in [2.24, 2.45) is 5.41 Å². The fourth-order valence-electron chi connectivity index (χ4n) is 5.08. The molecule has 1 aliphatic carbocycles. The molecule has 1 aliphatic heterocycles. The first kappa shape index (κ1) is 26.3. The second kappa shape index (κ2) is 12.4. The molecular weight excluding hydrogens is 459 g/mol. The Morgan fingerprint density at radius 1 is 1.19 bits per heavy atom. The van der Waals surface area contributed by atoms with Crippen LogP contribution in [0.15, 0.2) is 30.6 Å². The lowest BCUT2D eigenvalue weighted by molar-refractivity contribution is 0.0456. The van der Waals surface area contributed by atoms with E-state index in [1.54, 1.807) is 19.4 Å². The van der Waals surface area contributed by atoms with Crippen molar-refractivity contribution in [2.45, 2.75) is 63.6 Å². The maximum Gasteiger partial charge on any atom is 0.151 e. The van der Waals surface area contributed by atoms with Crippen LogP contribution >= 0.6 is 0 Å². The number of hydrogen-bond acceptors (Lipinski definition) is 8. The van der Waals surface area contributed by atoms with Crippen LogP contribution < -0.4 is 16.0 Å². The highest BCUT2D eigenvalue weighted by Crippen LogP contribution is 2.31. The van der Waals surface area contributed by atoms with E-state index in [2.05, 4.69) is 38.9 Å². The molecule has 1 saturated heterocycles. The second-order valence-electron chi connectivity index (χ2n) is 10.1. The molecule has 1 unspecified atom stereocenters. The van der Waals surface area contributed by atoms with Gasteiger partial charge in [-0.3, -0.25) is 4.98 Å². The number of methoxy groups -OCH3 is 1. The Bertz CT molecular complexity index is 1030. The molecule has 36 heavy (non-hydrogen) atoms. The van der Waals surface area contributed by atoms with Gasteiger partial charge in [-0.05, 0) is 63.6 Å². The van der Waals surface area contributed by atoms with Gasteiger partial charge in [-0.1, -0.05) is 0 Å². The average molecular weight is 497 g/mol. The summed E-state index contributed by atoms with van der Waals surface area (Å²) in [6, 6.07) is 8.99. The Hall–Kier alpha value is -2.80. The smallest absolute Gasteiger partial charge is 0.151 e. The number of hydrogen-bond donors (Lipinski definition) is 3. The zero-order valence-electron chi connectivity index (χ0n) is 21.2. The topological polar surface area (TPSA) is 104 Å².